The molecule has 0 spiro atoms. The van der Waals surface area contributed by atoms with E-state index in [1.54, 1.807) is 20.8 Å². The Morgan fingerprint density at radius 1 is 0.683 bits per heavy atom. The number of ether oxygens (including phenoxy) is 2. The Morgan fingerprint density at radius 3 is 1.66 bits per heavy atom. The average molecular weight is 568 g/mol. The molecule has 8 nitrogen and oxygen atoms in total. The van der Waals surface area contributed by atoms with Gasteiger partial charge in [0.05, 0.1) is 0 Å². The Bertz CT molecular complexity index is 1020. The maximum absolute atomic E-state index is 13.4. The average Bonchev–Trinajstić information content (AvgIpc) is 2.88. The third-order valence-electron chi connectivity index (χ3n) is 6.26. The van der Waals surface area contributed by atoms with Gasteiger partial charge in [-0.3, -0.25) is 4.79 Å². The van der Waals surface area contributed by atoms with Crippen LogP contribution in [0.4, 0.5) is 9.59 Å². The molecule has 0 aliphatic heterocycles. The van der Waals surface area contributed by atoms with E-state index in [4.69, 9.17) is 9.47 Å². The fraction of sp³-hybridized carbons (Fsp3) is 0.545. The van der Waals surface area contributed by atoms with Crippen LogP contribution in [-0.4, -0.2) is 48.4 Å². The minimum Gasteiger partial charge on any atom is -0.444 e. The zero-order valence-corrected chi connectivity index (χ0v) is 25.6. The number of benzene rings is 2. The monoisotopic (exact) mass is 567 g/mol. The lowest BCUT2D eigenvalue weighted by molar-refractivity contribution is -0.125. The van der Waals surface area contributed by atoms with Crippen LogP contribution in [-0.2, 0) is 27.1 Å². The van der Waals surface area contributed by atoms with Gasteiger partial charge in [-0.2, -0.15) is 0 Å². The zero-order valence-electron chi connectivity index (χ0n) is 25.6. The molecule has 41 heavy (non-hydrogen) atoms. The van der Waals surface area contributed by atoms with E-state index in [1.807, 2.05) is 57.2 Å². The van der Waals surface area contributed by atoms with Crippen LogP contribution in [0.1, 0.15) is 78.4 Å². The minimum atomic E-state index is -0.643. The topological polar surface area (TPSA) is 106 Å². The highest BCUT2D eigenvalue weighted by Gasteiger charge is 2.23. The predicted octanol–water partition coefficient (Wildman–Crippen LogP) is 6.18. The number of hydrogen-bond acceptors (Lipinski definition) is 5. The second-order valence-electron chi connectivity index (χ2n) is 12.4. The van der Waals surface area contributed by atoms with Crippen molar-refractivity contribution in [1.29, 1.82) is 0 Å². The van der Waals surface area contributed by atoms with E-state index in [0.717, 1.165) is 25.7 Å². The van der Waals surface area contributed by atoms with Crippen LogP contribution in [0.25, 0.3) is 0 Å². The number of carbonyl (C=O) groups is 3. The van der Waals surface area contributed by atoms with E-state index in [0.29, 0.717) is 19.4 Å². The Kier molecular flexibility index (Phi) is 13.7. The third kappa shape index (κ3) is 15.7. The summed E-state index contributed by atoms with van der Waals surface area (Å²) in [6, 6.07) is 20.0. The molecule has 0 radical (unpaired) electrons. The number of aryl methyl sites for hydroxylation is 2. The van der Waals surface area contributed by atoms with Gasteiger partial charge in [-0.05, 0) is 91.2 Å². The van der Waals surface area contributed by atoms with Crippen molar-refractivity contribution in [1.82, 2.24) is 16.0 Å². The summed E-state index contributed by atoms with van der Waals surface area (Å²) < 4.78 is 10.7. The summed E-state index contributed by atoms with van der Waals surface area (Å²) >= 11 is 0. The first kappa shape index (κ1) is 33.7. The zero-order chi connectivity index (χ0) is 30.3. The lowest BCUT2D eigenvalue weighted by Gasteiger charge is -2.25. The molecule has 0 aliphatic carbocycles. The molecule has 0 bridgehead atoms. The smallest absolute Gasteiger partial charge is 0.407 e. The van der Waals surface area contributed by atoms with E-state index in [-0.39, 0.29) is 24.4 Å². The van der Waals surface area contributed by atoms with E-state index >= 15 is 0 Å². The van der Waals surface area contributed by atoms with Gasteiger partial charge in [-0.25, -0.2) is 9.59 Å². The van der Waals surface area contributed by atoms with E-state index in [9.17, 15) is 14.4 Å². The fourth-order valence-electron chi connectivity index (χ4n) is 4.30. The molecule has 3 amide bonds. The normalized spacial score (nSPS) is 12.4. The van der Waals surface area contributed by atoms with Gasteiger partial charge < -0.3 is 25.4 Å². The molecule has 0 unspecified atom stereocenters. The number of nitrogens with one attached hydrogen (secondary N) is 3. The molecule has 0 aliphatic rings. The largest absolute Gasteiger partial charge is 0.444 e. The molecule has 2 aromatic carbocycles. The van der Waals surface area contributed by atoms with Crippen LogP contribution in [0.15, 0.2) is 60.7 Å². The first-order valence-electron chi connectivity index (χ1n) is 14.6. The first-order valence-corrected chi connectivity index (χ1v) is 14.6. The molecule has 3 N–H and O–H groups in total. The Balaban J connectivity index is 1.99. The van der Waals surface area contributed by atoms with Crippen molar-refractivity contribution in [3.8, 4) is 0 Å². The van der Waals surface area contributed by atoms with Crippen molar-refractivity contribution in [3.63, 3.8) is 0 Å². The Morgan fingerprint density at radius 2 is 1.17 bits per heavy atom. The van der Waals surface area contributed by atoms with Gasteiger partial charge in [-0.15, -0.1) is 0 Å². The minimum absolute atomic E-state index is 0.0280. The molecule has 2 aromatic rings. The molecule has 226 valence electrons. The van der Waals surface area contributed by atoms with Crippen LogP contribution in [0.2, 0.25) is 0 Å². The summed E-state index contributed by atoms with van der Waals surface area (Å²) in [6.07, 6.45) is 3.17. The number of amides is 3. The van der Waals surface area contributed by atoms with Crippen molar-refractivity contribution in [2.24, 2.45) is 5.92 Å². The van der Waals surface area contributed by atoms with Crippen molar-refractivity contribution < 1.29 is 23.9 Å². The lowest BCUT2D eigenvalue weighted by Crippen LogP contribution is -2.47. The van der Waals surface area contributed by atoms with Crippen molar-refractivity contribution in [2.45, 2.75) is 97.3 Å². The summed E-state index contributed by atoms with van der Waals surface area (Å²) in [7, 11) is 0. The van der Waals surface area contributed by atoms with E-state index < -0.39 is 23.4 Å². The molecule has 0 saturated carbocycles. The van der Waals surface area contributed by atoms with Gasteiger partial charge in [0.15, 0.2) is 0 Å². The second-order valence-corrected chi connectivity index (χ2v) is 12.4. The SMILES string of the molecule is CC(C)(C)OC(=O)NCCC[C@@H](CNC(=O)C(CCc1ccccc1)CCc1ccccc1)NC(=O)OC(C)(C)C. The molecule has 2 rings (SSSR count). The number of rotatable bonds is 14. The lowest BCUT2D eigenvalue weighted by atomic mass is 9.92. The van der Waals surface area contributed by atoms with Crippen molar-refractivity contribution >= 4 is 18.1 Å². The number of alkyl carbamates (subject to hydrolysis) is 2. The highest BCUT2D eigenvalue weighted by molar-refractivity contribution is 5.78. The summed E-state index contributed by atoms with van der Waals surface area (Å²) in [5, 5.41) is 8.71. The molecular formula is C33H49N3O5. The highest BCUT2D eigenvalue weighted by atomic mass is 16.6. The van der Waals surface area contributed by atoms with Crippen LogP contribution in [0, 0.1) is 5.92 Å². The van der Waals surface area contributed by atoms with Gasteiger partial charge in [0, 0.05) is 25.0 Å². The molecule has 1 atom stereocenters. The molecule has 0 fully saturated rings. The summed E-state index contributed by atoms with van der Waals surface area (Å²) in [4.78, 5) is 37.9. The number of carbonyl (C=O) groups excluding carboxylic acids is 3. The quantitative estimate of drug-likeness (QED) is 0.236. The summed E-state index contributed by atoms with van der Waals surface area (Å²) in [5.74, 6) is -0.203. The van der Waals surface area contributed by atoms with Crippen LogP contribution >= 0.6 is 0 Å². The standard InChI is InChI=1S/C33H49N3O5/c1-32(2,3)40-30(38)34-23-13-18-28(36-31(39)41-33(4,5)6)24-35-29(37)27(21-19-25-14-9-7-10-15-25)22-20-26-16-11-8-12-17-26/h7-12,14-17,27-28H,13,18-24H2,1-6H3,(H,34,38)(H,35,37)(H,36,39)/t28-/m0/s1. The first-order chi connectivity index (χ1) is 19.3. The van der Waals surface area contributed by atoms with Crippen LogP contribution in [0.3, 0.4) is 0 Å². The van der Waals surface area contributed by atoms with Gasteiger partial charge in [-0.1, -0.05) is 60.7 Å². The third-order valence-corrected chi connectivity index (χ3v) is 6.26. The van der Waals surface area contributed by atoms with E-state index in [2.05, 4.69) is 40.2 Å². The molecule has 0 heterocycles. The maximum Gasteiger partial charge on any atom is 0.407 e. The molecular weight excluding hydrogens is 518 g/mol. The maximum atomic E-state index is 13.4. The summed E-state index contributed by atoms with van der Waals surface area (Å²) in [6.45, 7) is 11.5. The summed E-state index contributed by atoms with van der Waals surface area (Å²) in [5.41, 5.74) is 1.18. The van der Waals surface area contributed by atoms with Crippen molar-refractivity contribution in [3.05, 3.63) is 71.8 Å². The van der Waals surface area contributed by atoms with Crippen LogP contribution < -0.4 is 16.0 Å². The predicted molar refractivity (Wildman–Crippen MR) is 163 cm³/mol. The Labute approximate surface area is 246 Å². The molecule has 0 aromatic heterocycles. The molecule has 0 saturated heterocycles. The fourth-order valence-corrected chi connectivity index (χ4v) is 4.30. The Hall–Kier alpha value is -3.55. The van der Waals surface area contributed by atoms with Gasteiger partial charge in [0.25, 0.3) is 0 Å². The second kappa shape index (κ2) is 16.7. The molecule has 8 heteroatoms. The van der Waals surface area contributed by atoms with Crippen LogP contribution in [0.5, 0.6) is 0 Å². The highest BCUT2D eigenvalue weighted by Crippen LogP contribution is 2.17. The van der Waals surface area contributed by atoms with Gasteiger partial charge in [0.1, 0.15) is 11.2 Å². The van der Waals surface area contributed by atoms with Gasteiger partial charge in [0.2, 0.25) is 5.91 Å². The van der Waals surface area contributed by atoms with Gasteiger partial charge >= 0.3 is 12.2 Å². The number of hydrogen-bond donors (Lipinski definition) is 3. The van der Waals surface area contributed by atoms with Crippen molar-refractivity contribution in [2.75, 3.05) is 13.1 Å². The van der Waals surface area contributed by atoms with E-state index in [1.165, 1.54) is 11.1 Å².